The van der Waals surface area contributed by atoms with Crippen LogP contribution in [0.3, 0.4) is 0 Å². The summed E-state index contributed by atoms with van der Waals surface area (Å²) >= 11 is 3.52. The van der Waals surface area contributed by atoms with Gasteiger partial charge in [-0.3, -0.25) is 4.79 Å². The van der Waals surface area contributed by atoms with Crippen molar-refractivity contribution in [3.05, 3.63) is 28.2 Å². The number of rotatable bonds is 8. The third-order valence-corrected chi connectivity index (χ3v) is 4.04. The van der Waals surface area contributed by atoms with Crippen molar-refractivity contribution in [2.75, 3.05) is 6.54 Å². The Kier molecular flexibility index (Phi) is 7.75. The molecule has 2 N–H and O–H groups in total. The zero-order chi connectivity index (χ0) is 15.8. The predicted octanol–water partition coefficient (Wildman–Crippen LogP) is 3.24. The molecule has 0 fully saturated rings. The zero-order valence-corrected chi connectivity index (χ0v) is 14.8. The number of amides is 1. The van der Waals surface area contributed by atoms with Crippen LogP contribution in [0.15, 0.2) is 22.7 Å². The van der Waals surface area contributed by atoms with E-state index in [0.717, 1.165) is 29.5 Å². The van der Waals surface area contributed by atoms with Crippen LogP contribution in [0.5, 0.6) is 5.75 Å². The van der Waals surface area contributed by atoms with Crippen LogP contribution in [0.1, 0.15) is 39.7 Å². The van der Waals surface area contributed by atoms with Crippen LogP contribution in [0.4, 0.5) is 0 Å². The van der Waals surface area contributed by atoms with Gasteiger partial charge in [0, 0.05) is 17.1 Å². The molecular weight excluding hydrogens is 332 g/mol. The van der Waals surface area contributed by atoms with Crippen LogP contribution in [-0.2, 0) is 11.3 Å². The van der Waals surface area contributed by atoms with Crippen LogP contribution >= 0.6 is 15.9 Å². The Labute approximate surface area is 135 Å². The van der Waals surface area contributed by atoms with E-state index in [9.17, 15) is 4.79 Å². The Balaban J connectivity index is 2.67. The van der Waals surface area contributed by atoms with Crippen LogP contribution in [0, 0.1) is 0 Å². The van der Waals surface area contributed by atoms with Crippen molar-refractivity contribution in [3.63, 3.8) is 0 Å². The first-order chi connectivity index (χ1) is 9.97. The van der Waals surface area contributed by atoms with E-state index in [1.807, 2.05) is 32.0 Å². The van der Waals surface area contributed by atoms with E-state index < -0.39 is 6.10 Å². The monoisotopic (exact) mass is 356 g/mol. The lowest BCUT2D eigenvalue weighted by Gasteiger charge is -2.18. The van der Waals surface area contributed by atoms with Gasteiger partial charge in [-0.1, -0.05) is 29.8 Å². The molecule has 1 amide bonds. The lowest BCUT2D eigenvalue weighted by molar-refractivity contribution is -0.127. The summed E-state index contributed by atoms with van der Waals surface area (Å²) in [6.45, 7) is 9.53. The lowest BCUT2D eigenvalue weighted by Crippen LogP contribution is -2.41. The molecule has 1 rings (SSSR count). The van der Waals surface area contributed by atoms with Crippen molar-refractivity contribution in [3.8, 4) is 5.75 Å². The van der Waals surface area contributed by atoms with Gasteiger partial charge in [0.2, 0.25) is 0 Å². The van der Waals surface area contributed by atoms with Gasteiger partial charge < -0.3 is 15.4 Å². The molecule has 2 unspecified atom stereocenters. The largest absolute Gasteiger partial charge is 0.481 e. The minimum Gasteiger partial charge on any atom is -0.481 e. The minimum absolute atomic E-state index is 0.0829. The number of halogens is 1. The molecule has 0 aliphatic carbocycles. The highest BCUT2D eigenvalue weighted by atomic mass is 79.9. The zero-order valence-electron chi connectivity index (χ0n) is 13.2. The van der Waals surface area contributed by atoms with Crippen molar-refractivity contribution >= 4 is 21.8 Å². The van der Waals surface area contributed by atoms with Gasteiger partial charge in [0.15, 0.2) is 6.10 Å². The second kappa shape index (κ2) is 9.05. The standard InChI is InChI=1S/C16H25BrN2O2/c1-5-11(3)19-16(20)12(4)21-14-7-8-15(17)13(9-14)10-18-6-2/h7-9,11-12,18H,5-6,10H2,1-4H3,(H,19,20). The van der Waals surface area contributed by atoms with Gasteiger partial charge in [0.05, 0.1) is 0 Å². The quantitative estimate of drug-likeness (QED) is 0.751. The molecule has 0 saturated carbocycles. The fraction of sp³-hybridized carbons (Fsp3) is 0.562. The number of ether oxygens (including phenoxy) is 1. The highest BCUT2D eigenvalue weighted by molar-refractivity contribution is 9.10. The van der Waals surface area contributed by atoms with Crippen molar-refractivity contribution < 1.29 is 9.53 Å². The van der Waals surface area contributed by atoms with Gasteiger partial charge in [0.1, 0.15) is 5.75 Å². The summed E-state index contributed by atoms with van der Waals surface area (Å²) in [7, 11) is 0. The second-order valence-electron chi connectivity index (χ2n) is 5.11. The van der Waals surface area contributed by atoms with E-state index in [0.29, 0.717) is 5.75 Å². The topological polar surface area (TPSA) is 50.4 Å². The molecule has 4 nitrogen and oxygen atoms in total. The average molecular weight is 357 g/mol. The summed E-state index contributed by atoms with van der Waals surface area (Å²) in [6.07, 6.45) is 0.399. The number of hydrogen-bond acceptors (Lipinski definition) is 3. The molecule has 1 aromatic carbocycles. The Morgan fingerprint density at radius 1 is 1.33 bits per heavy atom. The van der Waals surface area contributed by atoms with Crippen molar-refractivity contribution in [2.24, 2.45) is 0 Å². The minimum atomic E-state index is -0.507. The molecule has 0 aliphatic heterocycles. The molecule has 0 spiro atoms. The molecule has 0 saturated heterocycles. The van der Waals surface area contributed by atoms with Gasteiger partial charge in [0.25, 0.3) is 5.91 Å². The molecule has 118 valence electrons. The number of benzene rings is 1. The molecule has 2 atom stereocenters. The molecule has 0 aliphatic rings. The van der Waals surface area contributed by atoms with Crippen molar-refractivity contribution in [1.82, 2.24) is 10.6 Å². The summed E-state index contributed by atoms with van der Waals surface area (Å²) in [4.78, 5) is 12.0. The van der Waals surface area contributed by atoms with Crippen LogP contribution in [-0.4, -0.2) is 24.6 Å². The molecule has 0 heterocycles. The van der Waals surface area contributed by atoms with Gasteiger partial charge in [-0.25, -0.2) is 0 Å². The van der Waals surface area contributed by atoms with Crippen LogP contribution in [0.25, 0.3) is 0 Å². The average Bonchev–Trinajstić information content (AvgIpc) is 2.47. The highest BCUT2D eigenvalue weighted by Crippen LogP contribution is 2.23. The smallest absolute Gasteiger partial charge is 0.260 e. The molecule has 0 aromatic heterocycles. The van der Waals surface area contributed by atoms with Crippen molar-refractivity contribution in [1.29, 1.82) is 0 Å². The summed E-state index contributed by atoms with van der Waals surface area (Å²) in [6, 6.07) is 5.94. The summed E-state index contributed by atoms with van der Waals surface area (Å²) in [5.74, 6) is 0.624. The third kappa shape index (κ3) is 6.06. The first-order valence-electron chi connectivity index (χ1n) is 7.44. The van der Waals surface area contributed by atoms with Crippen LogP contribution < -0.4 is 15.4 Å². The first-order valence-corrected chi connectivity index (χ1v) is 8.23. The predicted molar refractivity (Wildman–Crippen MR) is 89.5 cm³/mol. The van der Waals surface area contributed by atoms with Gasteiger partial charge in [-0.15, -0.1) is 0 Å². The highest BCUT2D eigenvalue weighted by Gasteiger charge is 2.16. The summed E-state index contributed by atoms with van der Waals surface area (Å²) in [5.41, 5.74) is 1.11. The maximum Gasteiger partial charge on any atom is 0.260 e. The van der Waals surface area contributed by atoms with Crippen molar-refractivity contribution in [2.45, 2.75) is 52.8 Å². The normalized spacial score (nSPS) is 13.6. The molecule has 5 heteroatoms. The van der Waals surface area contributed by atoms with Gasteiger partial charge in [-0.05, 0) is 50.6 Å². The van der Waals surface area contributed by atoms with E-state index in [2.05, 4.69) is 33.5 Å². The van der Waals surface area contributed by atoms with E-state index >= 15 is 0 Å². The number of carbonyl (C=O) groups is 1. The van der Waals surface area contributed by atoms with E-state index in [1.54, 1.807) is 6.92 Å². The van der Waals surface area contributed by atoms with E-state index in [1.165, 1.54) is 0 Å². The Morgan fingerprint density at radius 3 is 2.67 bits per heavy atom. The number of nitrogens with one attached hydrogen (secondary N) is 2. The number of hydrogen-bond donors (Lipinski definition) is 2. The van der Waals surface area contributed by atoms with Gasteiger partial charge >= 0.3 is 0 Å². The molecule has 0 radical (unpaired) electrons. The van der Waals surface area contributed by atoms with Gasteiger partial charge in [-0.2, -0.15) is 0 Å². The van der Waals surface area contributed by atoms with Crippen LogP contribution in [0.2, 0.25) is 0 Å². The Morgan fingerprint density at radius 2 is 2.05 bits per heavy atom. The summed E-state index contributed by atoms with van der Waals surface area (Å²) < 4.78 is 6.77. The lowest BCUT2D eigenvalue weighted by atomic mass is 10.2. The fourth-order valence-electron chi connectivity index (χ4n) is 1.74. The first kappa shape index (κ1) is 18.0. The molecule has 0 bridgehead atoms. The maximum absolute atomic E-state index is 12.0. The maximum atomic E-state index is 12.0. The SMILES string of the molecule is CCNCc1cc(OC(C)C(=O)NC(C)CC)ccc1Br. The summed E-state index contributed by atoms with van der Waals surface area (Å²) in [5, 5.41) is 6.20. The third-order valence-electron chi connectivity index (χ3n) is 3.27. The molecule has 21 heavy (non-hydrogen) atoms. The second-order valence-corrected chi connectivity index (χ2v) is 5.97. The van der Waals surface area contributed by atoms with E-state index in [4.69, 9.17) is 4.74 Å². The Hall–Kier alpha value is -1.07. The fourth-order valence-corrected chi connectivity index (χ4v) is 2.13. The molecule has 1 aromatic rings. The molecular formula is C16H25BrN2O2. The number of carbonyl (C=O) groups excluding carboxylic acids is 1. The Bertz CT molecular complexity index is 466. The van der Waals surface area contributed by atoms with E-state index in [-0.39, 0.29) is 11.9 Å².